The Morgan fingerprint density at radius 2 is 2.07 bits per heavy atom. The number of aliphatic hydroxyl groups is 1. The number of halogens is 1. The van der Waals surface area contributed by atoms with E-state index >= 15 is 0 Å². The Kier molecular flexibility index (Phi) is 7.83. The molecular formula is C20H29FN4O3. The molecule has 0 saturated carbocycles. The molecular weight excluding hydrogens is 363 g/mol. The fourth-order valence-corrected chi connectivity index (χ4v) is 3.00. The Bertz CT molecular complexity index is 708. The van der Waals surface area contributed by atoms with E-state index in [2.05, 4.69) is 11.9 Å². The molecule has 0 aliphatic carbocycles. The van der Waals surface area contributed by atoms with E-state index < -0.39 is 6.35 Å². The number of nitrogens with zero attached hydrogens (tertiary/aromatic N) is 3. The normalized spacial score (nSPS) is 16.2. The molecule has 1 amide bonds. The van der Waals surface area contributed by atoms with Crippen molar-refractivity contribution in [3.63, 3.8) is 0 Å². The first-order chi connectivity index (χ1) is 13.4. The number of hydrogen-bond donors (Lipinski definition) is 2. The molecule has 1 heterocycles. The maximum absolute atomic E-state index is 13.3. The maximum Gasteiger partial charge on any atom is 0.215 e. The van der Waals surface area contributed by atoms with Crippen LogP contribution in [0.2, 0.25) is 0 Å². The van der Waals surface area contributed by atoms with Gasteiger partial charge in [0, 0.05) is 40.4 Å². The fourth-order valence-electron chi connectivity index (χ4n) is 3.00. The summed E-state index contributed by atoms with van der Waals surface area (Å²) in [7, 11) is 3.54. The van der Waals surface area contributed by atoms with E-state index in [1.165, 1.54) is 17.0 Å². The summed E-state index contributed by atoms with van der Waals surface area (Å²) in [6, 6.07) is 6.27. The van der Waals surface area contributed by atoms with Crippen molar-refractivity contribution in [3.05, 3.63) is 59.4 Å². The zero-order chi connectivity index (χ0) is 20.7. The minimum atomic E-state index is -0.495. The number of likely N-dealkylation sites (N-methyl/N-ethyl adjacent to an activating group) is 1. The van der Waals surface area contributed by atoms with Gasteiger partial charge < -0.3 is 29.9 Å². The van der Waals surface area contributed by atoms with E-state index in [9.17, 15) is 9.18 Å². The lowest BCUT2D eigenvalue weighted by Crippen LogP contribution is -2.41. The SMILES string of the molecule is C=C(C1=C(N(C)C=O)NC(OCC)N1Cc1ccc(F)cc1)N(C)CCCO. The fraction of sp³-hybridized carbons (Fsp3) is 0.450. The van der Waals surface area contributed by atoms with Crippen LogP contribution in [0.3, 0.4) is 0 Å². The van der Waals surface area contributed by atoms with Crippen molar-refractivity contribution in [2.24, 2.45) is 0 Å². The Balaban J connectivity index is 2.40. The minimum absolute atomic E-state index is 0.0802. The van der Waals surface area contributed by atoms with Crippen molar-refractivity contribution in [1.82, 2.24) is 20.0 Å². The van der Waals surface area contributed by atoms with Crippen LogP contribution in [0.5, 0.6) is 0 Å². The van der Waals surface area contributed by atoms with Gasteiger partial charge in [-0.25, -0.2) is 4.39 Å². The third-order valence-electron chi connectivity index (χ3n) is 4.54. The average Bonchev–Trinajstić information content (AvgIpc) is 3.04. The average molecular weight is 392 g/mol. The number of ether oxygens (including phenoxy) is 1. The standard InChI is InChI=1S/C20H29FN4O3/c1-5-28-20-22-19(24(4)14-27)18(15(2)23(3)11-6-12-26)25(20)13-16-7-9-17(21)10-8-16/h7-10,14,20,22,26H,2,5-6,11-13H2,1,3-4H3. The molecule has 1 aliphatic rings. The van der Waals surface area contributed by atoms with Crippen LogP contribution in [-0.4, -0.2) is 66.4 Å². The van der Waals surface area contributed by atoms with Gasteiger partial charge in [0.05, 0.1) is 5.70 Å². The summed E-state index contributed by atoms with van der Waals surface area (Å²) in [4.78, 5) is 16.8. The number of carbonyl (C=O) groups excluding carboxylic acids is 1. The lowest BCUT2D eigenvalue weighted by atomic mass is 10.2. The molecule has 0 fully saturated rings. The van der Waals surface area contributed by atoms with Gasteiger partial charge in [0.1, 0.15) is 17.3 Å². The van der Waals surface area contributed by atoms with Gasteiger partial charge in [0.15, 0.2) is 0 Å². The minimum Gasteiger partial charge on any atom is -0.396 e. The van der Waals surface area contributed by atoms with Gasteiger partial charge >= 0.3 is 0 Å². The molecule has 0 aromatic heterocycles. The van der Waals surface area contributed by atoms with Crippen molar-refractivity contribution in [2.45, 2.75) is 26.2 Å². The van der Waals surface area contributed by atoms with Crippen molar-refractivity contribution in [2.75, 3.05) is 33.9 Å². The molecule has 1 unspecified atom stereocenters. The van der Waals surface area contributed by atoms with Crippen molar-refractivity contribution in [3.8, 4) is 0 Å². The summed E-state index contributed by atoms with van der Waals surface area (Å²) in [5.74, 6) is 0.284. The molecule has 2 N–H and O–H groups in total. The first-order valence-corrected chi connectivity index (χ1v) is 9.25. The van der Waals surface area contributed by atoms with E-state index in [0.717, 1.165) is 11.3 Å². The number of amides is 1. The van der Waals surface area contributed by atoms with Crippen LogP contribution in [0.4, 0.5) is 4.39 Å². The summed E-state index contributed by atoms with van der Waals surface area (Å²) in [5.41, 5.74) is 2.30. The number of aliphatic hydroxyl groups excluding tert-OH is 1. The maximum atomic E-state index is 13.3. The zero-order valence-corrected chi connectivity index (χ0v) is 16.7. The highest BCUT2D eigenvalue weighted by atomic mass is 19.1. The summed E-state index contributed by atoms with van der Waals surface area (Å²) in [6.45, 7) is 7.69. The van der Waals surface area contributed by atoms with Gasteiger partial charge in [-0.05, 0) is 31.0 Å². The molecule has 0 saturated heterocycles. The van der Waals surface area contributed by atoms with Crippen LogP contribution in [0.25, 0.3) is 0 Å². The summed E-state index contributed by atoms with van der Waals surface area (Å²) in [6.07, 6.45) is 0.820. The van der Waals surface area contributed by atoms with Crippen molar-refractivity contribution in [1.29, 1.82) is 0 Å². The Hall–Kier alpha value is -2.58. The molecule has 1 atom stereocenters. The number of rotatable bonds is 11. The van der Waals surface area contributed by atoms with Crippen LogP contribution in [0.1, 0.15) is 18.9 Å². The highest BCUT2D eigenvalue weighted by Crippen LogP contribution is 2.30. The second kappa shape index (κ2) is 10.1. The molecule has 1 aromatic rings. The Morgan fingerprint density at radius 3 is 2.64 bits per heavy atom. The van der Waals surface area contributed by atoms with E-state index in [0.29, 0.717) is 44.0 Å². The van der Waals surface area contributed by atoms with E-state index in [1.807, 2.05) is 23.8 Å². The topological polar surface area (TPSA) is 68.3 Å². The van der Waals surface area contributed by atoms with Crippen LogP contribution >= 0.6 is 0 Å². The third-order valence-corrected chi connectivity index (χ3v) is 4.54. The Labute approximate surface area is 165 Å². The Morgan fingerprint density at radius 1 is 1.39 bits per heavy atom. The van der Waals surface area contributed by atoms with Gasteiger partial charge in [0.25, 0.3) is 0 Å². The molecule has 8 heteroatoms. The molecule has 28 heavy (non-hydrogen) atoms. The highest BCUT2D eigenvalue weighted by molar-refractivity contribution is 5.52. The summed E-state index contributed by atoms with van der Waals surface area (Å²) >= 11 is 0. The lowest BCUT2D eigenvalue weighted by molar-refractivity contribution is -0.115. The third kappa shape index (κ3) is 5.02. The number of benzene rings is 1. The largest absolute Gasteiger partial charge is 0.396 e. The van der Waals surface area contributed by atoms with Gasteiger partial charge in [-0.1, -0.05) is 18.7 Å². The first-order valence-electron chi connectivity index (χ1n) is 9.25. The van der Waals surface area contributed by atoms with Gasteiger partial charge in [-0.15, -0.1) is 0 Å². The predicted molar refractivity (Wildman–Crippen MR) is 105 cm³/mol. The van der Waals surface area contributed by atoms with E-state index in [4.69, 9.17) is 9.84 Å². The predicted octanol–water partition coefficient (Wildman–Crippen LogP) is 1.64. The van der Waals surface area contributed by atoms with Gasteiger partial charge in [-0.3, -0.25) is 4.79 Å². The molecule has 0 radical (unpaired) electrons. The second-order valence-corrected chi connectivity index (χ2v) is 6.57. The number of hydrogen-bond acceptors (Lipinski definition) is 6. The van der Waals surface area contributed by atoms with Crippen LogP contribution in [0.15, 0.2) is 48.1 Å². The first kappa shape index (κ1) is 21.7. The lowest BCUT2D eigenvalue weighted by Gasteiger charge is -2.32. The van der Waals surface area contributed by atoms with Gasteiger partial charge in [-0.2, -0.15) is 0 Å². The molecule has 7 nitrogen and oxygen atoms in total. The monoisotopic (exact) mass is 392 g/mol. The molecule has 0 bridgehead atoms. The smallest absolute Gasteiger partial charge is 0.215 e. The number of nitrogens with one attached hydrogen (secondary N) is 1. The summed E-state index contributed by atoms with van der Waals surface area (Å²) in [5, 5.41) is 12.4. The van der Waals surface area contributed by atoms with E-state index in [1.54, 1.807) is 19.2 Å². The highest BCUT2D eigenvalue weighted by Gasteiger charge is 2.36. The molecule has 1 aromatic carbocycles. The second-order valence-electron chi connectivity index (χ2n) is 6.57. The van der Waals surface area contributed by atoms with Gasteiger partial charge in [0.2, 0.25) is 12.8 Å². The van der Waals surface area contributed by atoms with Crippen molar-refractivity contribution < 1.29 is 19.0 Å². The summed E-state index contributed by atoms with van der Waals surface area (Å²) < 4.78 is 19.1. The van der Waals surface area contributed by atoms with Crippen LogP contribution < -0.4 is 5.32 Å². The molecule has 0 spiro atoms. The van der Waals surface area contributed by atoms with Crippen molar-refractivity contribution >= 4 is 6.41 Å². The van der Waals surface area contributed by atoms with E-state index in [-0.39, 0.29) is 12.4 Å². The van der Waals surface area contributed by atoms with Crippen LogP contribution in [0, 0.1) is 5.82 Å². The quantitative estimate of drug-likeness (QED) is 0.558. The molecule has 1 aliphatic heterocycles. The molecule has 2 rings (SSSR count). The number of carbonyl (C=O) groups is 1. The molecule has 154 valence electrons. The zero-order valence-electron chi connectivity index (χ0n) is 16.7. The van der Waals surface area contributed by atoms with Crippen LogP contribution in [-0.2, 0) is 16.1 Å².